The zero-order valence-corrected chi connectivity index (χ0v) is 16.1. The Kier molecular flexibility index (Phi) is 4.38. The highest BCUT2D eigenvalue weighted by Crippen LogP contribution is 2.38. The van der Waals surface area contributed by atoms with Crippen LogP contribution in [0.2, 0.25) is 0 Å². The minimum atomic E-state index is -0.915. The fraction of sp³-hybridized carbons (Fsp3) is 0.364. The molecule has 0 bridgehead atoms. The fourth-order valence-corrected chi connectivity index (χ4v) is 4.32. The van der Waals surface area contributed by atoms with Crippen LogP contribution < -0.4 is 4.90 Å². The summed E-state index contributed by atoms with van der Waals surface area (Å²) in [6, 6.07) is 12.1. The molecule has 2 aromatic carbocycles. The normalized spacial score (nSPS) is 17.0. The van der Waals surface area contributed by atoms with Gasteiger partial charge in [0.2, 0.25) is 0 Å². The Bertz CT molecular complexity index is 1020. The molecule has 0 saturated carbocycles. The summed E-state index contributed by atoms with van der Waals surface area (Å²) in [5.74, 6) is 0.120. The molecule has 1 fully saturated rings. The molecule has 5 nitrogen and oxygen atoms in total. The molecule has 1 aromatic heterocycles. The molecule has 1 aliphatic heterocycles. The van der Waals surface area contributed by atoms with Gasteiger partial charge in [-0.3, -0.25) is 0 Å². The van der Waals surface area contributed by atoms with Crippen LogP contribution >= 0.6 is 0 Å². The van der Waals surface area contributed by atoms with Crippen molar-refractivity contribution in [3.63, 3.8) is 0 Å². The number of aromatic nitrogens is 2. The molecule has 140 valence electrons. The van der Waals surface area contributed by atoms with Crippen LogP contribution in [-0.2, 0) is 6.54 Å². The van der Waals surface area contributed by atoms with E-state index in [2.05, 4.69) is 48.4 Å². The lowest BCUT2D eigenvalue weighted by Crippen LogP contribution is -2.25. The van der Waals surface area contributed by atoms with E-state index < -0.39 is 5.97 Å². The van der Waals surface area contributed by atoms with Gasteiger partial charge in [-0.1, -0.05) is 17.7 Å². The highest BCUT2D eigenvalue weighted by atomic mass is 16.4. The Balaban J connectivity index is 1.81. The van der Waals surface area contributed by atoms with E-state index in [4.69, 9.17) is 4.98 Å². The van der Waals surface area contributed by atoms with E-state index in [0.29, 0.717) is 0 Å². The molecular formula is C22H25N3O2. The number of hydrogen-bond donors (Lipinski definition) is 1. The van der Waals surface area contributed by atoms with Gasteiger partial charge in [-0.2, -0.15) is 0 Å². The zero-order chi connectivity index (χ0) is 19.1. The Morgan fingerprint density at radius 2 is 2.04 bits per heavy atom. The molecule has 2 heterocycles. The summed E-state index contributed by atoms with van der Waals surface area (Å²) in [5.41, 5.74) is 5.88. The number of nitrogens with zero attached hydrogens (tertiary/aromatic N) is 3. The summed E-state index contributed by atoms with van der Waals surface area (Å²) >= 11 is 0. The Morgan fingerprint density at radius 3 is 2.74 bits per heavy atom. The first-order valence-electron chi connectivity index (χ1n) is 9.57. The predicted octanol–water partition coefficient (Wildman–Crippen LogP) is 4.71. The molecular weight excluding hydrogens is 338 g/mol. The number of aromatic carboxylic acids is 1. The van der Waals surface area contributed by atoms with E-state index in [1.54, 1.807) is 12.1 Å². The van der Waals surface area contributed by atoms with Gasteiger partial charge in [0.05, 0.1) is 22.6 Å². The second-order valence-corrected chi connectivity index (χ2v) is 7.36. The highest BCUT2D eigenvalue weighted by Gasteiger charge is 2.31. The highest BCUT2D eigenvalue weighted by molar-refractivity contribution is 5.92. The van der Waals surface area contributed by atoms with E-state index in [1.807, 2.05) is 6.07 Å². The number of fused-ring (bicyclic) bond motifs is 1. The first-order valence-corrected chi connectivity index (χ1v) is 9.57. The Labute approximate surface area is 159 Å². The monoisotopic (exact) mass is 363 g/mol. The Hall–Kier alpha value is -2.82. The molecule has 5 heteroatoms. The van der Waals surface area contributed by atoms with E-state index in [1.165, 1.54) is 16.8 Å². The minimum absolute atomic E-state index is 0.215. The number of rotatable bonds is 4. The fourth-order valence-electron chi connectivity index (χ4n) is 4.32. The van der Waals surface area contributed by atoms with Gasteiger partial charge in [-0.05, 0) is 63.4 Å². The quantitative estimate of drug-likeness (QED) is 0.729. The van der Waals surface area contributed by atoms with Crippen LogP contribution in [-0.4, -0.2) is 27.2 Å². The lowest BCUT2D eigenvalue weighted by Gasteiger charge is -2.28. The van der Waals surface area contributed by atoms with E-state index in [-0.39, 0.29) is 11.6 Å². The third kappa shape index (κ3) is 2.97. The smallest absolute Gasteiger partial charge is 0.335 e. The van der Waals surface area contributed by atoms with Crippen LogP contribution in [0.4, 0.5) is 5.69 Å². The average Bonchev–Trinajstić information content (AvgIpc) is 3.24. The molecule has 27 heavy (non-hydrogen) atoms. The summed E-state index contributed by atoms with van der Waals surface area (Å²) in [6.45, 7) is 8.23. The lowest BCUT2D eigenvalue weighted by molar-refractivity contribution is 0.0697. The van der Waals surface area contributed by atoms with Gasteiger partial charge in [0, 0.05) is 18.8 Å². The van der Waals surface area contributed by atoms with Crippen LogP contribution in [0.1, 0.15) is 53.1 Å². The largest absolute Gasteiger partial charge is 0.478 e. The lowest BCUT2D eigenvalue weighted by atomic mass is 10.1. The average molecular weight is 363 g/mol. The zero-order valence-electron chi connectivity index (χ0n) is 16.1. The predicted molar refractivity (Wildman–Crippen MR) is 108 cm³/mol. The van der Waals surface area contributed by atoms with Gasteiger partial charge in [0.1, 0.15) is 5.82 Å². The number of carboxylic acid groups (broad SMARTS) is 1. The van der Waals surface area contributed by atoms with Crippen molar-refractivity contribution in [2.75, 3.05) is 11.4 Å². The molecule has 1 unspecified atom stereocenters. The SMILES string of the molecule is CCn1c(C2CCCN2c2ccc(C)cc2C)nc2cc(C(=O)O)ccc21. The molecule has 4 rings (SSSR count). The van der Waals surface area contributed by atoms with Crippen molar-refractivity contribution in [1.82, 2.24) is 9.55 Å². The van der Waals surface area contributed by atoms with Crippen LogP contribution in [0, 0.1) is 13.8 Å². The number of hydrogen-bond acceptors (Lipinski definition) is 3. The second kappa shape index (κ2) is 6.72. The van der Waals surface area contributed by atoms with Crippen LogP contribution in [0.25, 0.3) is 11.0 Å². The van der Waals surface area contributed by atoms with Gasteiger partial charge >= 0.3 is 5.97 Å². The van der Waals surface area contributed by atoms with E-state index in [0.717, 1.165) is 42.8 Å². The molecule has 0 spiro atoms. The van der Waals surface area contributed by atoms with Crippen LogP contribution in [0.15, 0.2) is 36.4 Å². The number of aryl methyl sites for hydroxylation is 3. The summed E-state index contributed by atoms with van der Waals surface area (Å²) in [4.78, 5) is 18.7. The van der Waals surface area contributed by atoms with Gasteiger partial charge in [0.15, 0.2) is 0 Å². The minimum Gasteiger partial charge on any atom is -0.478 e. The van der Waals surface area contributed by atoms with Crippen LogP contribution in [0.3, 0.4) is 0 Å². The summed E-state index contributed by atoms with van der Waals surface area (Å²) in [5, 5.41) is 9.29. The molecule has 1 N–H and O–H groups in total. The second-order valence-electron chi connectivity index (χ2n) is 7.36. The topological polar surface area (TPSA) is 58.4 Å². The summed E-state index contributed by atoms with van der Waals surface area (Å²) in [7, 11) is 0. The summed E-state index contributed by atoms with van der Waals surface area (Å²) < 4.78 is 2.23. The van der Waals surface area contributed by atoms with E-state index >= 15 is 0 Å². The maximum absolute atomic E-state index is 11.3. The molecule has 1 atom stereocenters. The maximum atomic E-state index is 11.3. The molecule has 3 aromatic rings. The van der Waals surface area contributed by atoms with Crippen molar-refractivity contribution in [1.29, 1.82) is 0 Å². The molecule has 1 saturated heterocycles. The van der Waals surface area contributed by atoms with Crippen molar-refractivity contribution >= 4 is 22.7 Å². The van der Waals surface area contributed by atoms with Crippen molar-refractivity contribution in [2.24, 2.45) is 0 Å². The first-order chi connectivity index (χ1) is 13.0. The standard InChI is InChI=1S/C22H25N3O2/c1-4-24-19-10-8-16(22(26)27)13-17(19)23-21(24)20-6-5-11-25(20)18-9-7-14(2)12-15(18)3/h7-10,12-13,20H,4-6,11H2,1-3H3,(H,26,27). The molecule has 0 amide bonds. The number of imidazole rings is 1. The van der Waals surface area contributed by atoms with Gasteiger partial charge in [-0.15, -0.1) is 0 Å². The van der Waals surface area contributed by atoms with Crippen molar-refractivity contribution in [3.05, 3.63) is 58.9 Å². The molecule has 0 aliphatic carbocycles. The maximum Gasteiger partial charge on any atom is 0.335 e. The summed E-state index contributed by atoms with van der Waals surface area (Å²) in [6.07, 6.45) is 2.19. The Morgan fingerprint density at radius 1 is 1.22 bits per heavy atom. The van der Waals surface area contributed by atoms with Crippen LogP contribution in [0.5, 0.6) is 0 Å². The number of benzene rings is 2. The number of carbonyl (C=O) groups is 1. The van der Waals surface area contributed by atoms with Crippen molar-refractivity contribution in [3.8, 4) is 0 Å². The van der Waals surface area contributed by atoms with Gasteiger partial charge in [-0.25, -0.2) is 9.78 Å². The van der Waals surface area contributed by atoms with E-state index in [9.17, 15) is 9.90 Å². The van der Waals surface area contributed by atoms with Gasteiger partial charge in [0.25, 0.3) is 0 Å². The number of carboxylic acids is 1. The third-order valence-corrected chi connectivity index (χ3v) is 5.55. The third-order valence-electron chi connectivity index (χ3n) is 5.55. The van der Waals surface area contributed by atoms with Gasteiger partial charge < -0.3 is 14.6 Å². The van der Waals surface area contributed by atoms with Crippen molar-refractivity contribution < 1.29 is 9.90 Å². The molecule has 0 radical (unpaired) electrons. The first kappa shape index (κ1) is 17.6. The van der Waals surface area contributed by atoms with Crippen molar-refractivity contribution in [2.45, 2.75) is 46.2 Å². The molecule has 1 aliphatic rings. The number of anilines is 1.